The second-order valence-corrected chi connectivity index (χ2v) is 3.10. The van der Waals surface area contributed by atoms with E-state index in [2.05, 4.69) is 13.8 Å². The second-order valence-electron chi connectivity index (χ2n) is 3.10. The fourth-order valence-electron chi connectivity index (χ4n) is 0.508. The third-order valence-electron chi connectivity index (χ3n) is 1.51. The Bertz CT molecular complexity index is 86.7. The first-order valence-electron chi connectivity index (χ1n) is 3.51. The summed E-state index contributed by atoms with van der Waals surface area (Å²) < 4.78 is 0. The SMILES string of the molecule is CC(C)=O.C[C@@H]1C[C@@H]1C. The van der Waals surface area contributed by atoms with Crippen LogP contribution in [0, 0.1) is 11.8 Å². The quantitative estimate of drug-likeness (QED) is 0.489. The lowest BCUT2D eigenvalue weighted by molar-refractivity contribution is -0.114. The van der Waals surface area contributed by atoms with Crippen molar-refractivity contribution in [1.82, 2.24) is 0 Å². The van der Waals surface area contributed by atoms with Crippen molar-refractivity contribution in [2.45, 2.75) is 34.1 Å². The van der Waals surface area contributed by atoms with Gasteiger partial charge in [-0.15, -0.1) is 0 Å². The van der Waals surface area contributed by atoms with E-state index in [0.29, 0.717) is 0 Å². The first-order valence-corrected chi connectivity index (χ1v) is 3.51. The van der Waals surface area contributed by atoms with Gasteiger partial charge in [-0.3, -0.25) is 0 Å². The first kappa shape index (κ1) is 8.67. The molecule has 9 heavy (non-hydrogen) atoms. The zero-order chi connectivity index (χ0) is 7.44. The summed E-state index contributed by atoms with van der Waals surface area (Å²) in [6.07, 6.45) is 1.47. The van der Waals surface area contributed by atoms with E-state index in [4.69, 9.17) is 0 Å². The van der Waals surface area contributed by atoms with E-state index in [0.717, 1.165) is 11.8 Å². The Morgan fingerprint density at radius 3 is 1.33 bits per heavy atom. The predicted octanol–water partition coefficient (Wildman–Crippen LogP) is 2.26. The molecule has 1 aliphatic rings. The van der Waals surface area contributed by atoms with Crippen LogP contribution in [0.1, 0.15) is 34.1 Å². The Morgan fingerprint density at radius 2 is 1.33 bits per heavy atom. The molecular formula is C8H16O. The zero-order valence-corrected chi connectivity index (χ0v) is 6.77. The highest BCUT2D eigenvalue weighted by molar-refractivity contribution is 5.72. The molecule has 1 saturated carbocycles. The fraction of sp³-hybridized carbons (Fsp3) is 0.875. The minimum atomic E-state index is 0.167. The van der Waals surface area contributed by atoms with E-state index in [1.54, 1.807) is 0 Å². The number of Topliss-reactive ketones (excluding diaryl/α,β-unsaturated/α-hetero) is 1. The summed E-state index contributed by atoms with van der Waals surface area (Å²) in [5.74, 6) is 2.27. The van der Waals surface area contributed by atoms with Gasteiger partial charge in [0.25, 0.3) is 0 Å². The summed E-state index contributed by atoms with van der Waals surface area (Å²) in [5, 5.41) is 0. The Morgan fingerprint density at radius 1 is 1.22 bits per heavy atom. The molecule has 0 heterocycles. The smallest absolute Gasteiger partial charge is 0.126 e. The summed E-state index contributed by atoms with van der Waals surface area (Å²) >= 11 is 0. The van der Waals surface area contributed by atoms with Gasteiger partial charge in [-0.2, -0.15) is 0 Å². The highest BCUT2D eigenvalue weighted by Crippen LogP contribution is 2.36. The molecule has 0 spiro atoms. The van der Waals surface area contributed by atoms with Crippen LogP contribution in [0.4, 0.5) is 0 Å². The average Bonchev–Trinajstić information content (AvgIpc) is 2.16. The second kappa shape index (κ2) is 3.65. The number of hydrogen-bond acceptors (Lipinski definition) is 1. The van der Waals surface area contributed by atoms with Gasteiger partial charge in [0, 0.05) is 0 Å². The molecule has 1 fully saturated rings. The van der Waals surface area contributed by atoms with Crippen molar-refractivity contribution >= 4 is 5.78 Å². The monoisotopic (exact) mass is 128 g/mol. The first-order chi connectivity index (χ1) is 4.04. The van der Waals surface area contributed by atoms with Crippen LogP contribution < -0.4 is 0 Å². The van der Waals surface area contributed by atoms with Crippen LogP contribution in [0.15, 0.2) is 0 Å². The third-order valence-corrected chi connectivity index (χ3v) is 1.51. The minimum absolute atomic E-state index is 0.167. The third kappa shape index (κ3) is 7.67. The molecule has 0 aliphatic heterocycles. The molecule has 1 nitrogen and oxygen atoms in total. The van der Waals surface area contributed by atoms with Crippen molar-refractivity contribution in [3.8, 4) is 0 Å². The lowest BCUT2D eigenvalue weighted by Gasteiger charge is -1.66. The van der Waals surface area contributed by atoms with Crippen LogP contribution in [0.5, 0.6) is 0 Å². The number of rotatable bonds is 0. The van der Waals surface area contributed by atoms with Gasteiger partial charge >= 0.3 is 0 Å². The summed E-state index contributed by atoms with van der Waals surface area (Å²) in [5.41, 5.74) is 0. The Balaban J connectivity index is 0.000000148. The molecule has 1 heteroatoms. The molecular weight excluding hydrogens is 112 g/mol. The maximum atomic E-state index is 9.44. The molecule has 54 valence electrons. The molecule has 0 amide bonds. The van der Waals surface area contributed by atoms with E-state index >= 15 is 0 Å². The van der Waals surface area contributed by atoms with Crippen molar-refractivity contribution < 1.29 is 4.79 Å². The molecule has 0 radical (unpaired) electrons. The molecule has 0 bridgehead atoms. The molecule has 0 N–H and O–H groups in total. The van der Waals surface area contributed by atoms with Gasteiger partial charge in [0.1, 0.15) is 5.78 Å². The summed E-state index contributed by atoms with van der Waals surface area (Å²) in [4.78, 5) is 9.44. The van der Waals surface area contributed by atoms with Crippen molar-refractivity contribution in [2.75, 3.05) is 0 Å². The van der Waals surface area contributed by atoms with Crippen LogP contribution in [-0.4, -0.2) is 5.78 Å². The highest BCUT2D eigenvalue weighted by atomic mass is 16.1. The topological polar surface area (TPSA) is 17.1 Å². The molecule has 2 atom stereocenters. The van der Waals surface area contributed by atoms with Crippen LogP contribution >= 0.6 is 0 Å². The van der Waals surface area contributed by atoms with Crippen molar-refractivity contribution in [2.24, 2.45) is 11.8 Å². The highest BCUT2D eigenvalue weighted by Gasteiger charge is 2.26. The summed E-state index contributed by atoms with van der Waals surface area (Å²) in [6.45, 7) is 7.65. The molecule has 0 aromatic heterocycles. The van der Waals surface area contributed by atoms with E-state index in [-0.39, 0.29) is 5.78 Å². The Kier molecular flexibility index (Phi) is 3.52. The van der Waals surface area contributed by atoms with E-state index in [9.17, 15) is 4.79 Å². The molecule has 0 saturated heterocycles. The molecule has 0 unspecified atom stereocenters. The molecule has 1 rings (SSSR count). The number of carbonyl (C=O) groups excluding carboxylic acids is 1. The number of hydrogen-bond donors (Lipinski definition) is 0. The van der Waals surface area contributed by atoms with Crippen molar-refractivity contribution in [3.63, 3.8) is 0 Å². The van der Waals surface area contributed by atoms with Gasteiger partial charge in [0.05, 0.1) is 0 Å². The lowest BCUT2D eigenvalue weighted by atomic mass is 10.4. The number of carbonyl (C=O) groups is 1. The molecule has 0 aromatic rings. The van der Waals surface area contributed by atoms with Crippen LogP contribution in [0.25, 0.3) is 0 Å². The fourth-order valence-corrected chi connectivity index (χ4v) is 0.508. The van der Waals surface area contributed by atoms with Crippen molar-refractivity contribution in [1.29, 1.82) is 0 Å². The van der Waals surface area contributed by atoms with Gasteiger partial charge < -0.3 is 4.79 Å². The van der Waals surface area contributed by atoms with Gasteiger partial charge in [0.15, 0.2) is 0 Å². The Labute approximate surface area is 57.5 Å². The lowest BCUT2D eigenvalue weighted by Crippen LogP contribution is -1.69. The van der Waals surface area contributed by atoms with E-state index < -0.39 is 0 Å². The normalized spacial score (nSPS) is 30.2. The van der Waals surface area contributed by atoms with E-state index in [1.165, 1.54) is 20.3 Å². The van der Waals surface area contributed by atoms with Gasteiger partial charge in [-0.25, -0.2) is 0 Å². The summed E-state index contributed by atoms with van der Waals surface area (Å²) in [6, 6.07) is 0. The van der Waals surface area contributed by atoms with Crippen LogP contribution in [0.2, 0.25) is 0 Å². The van der Waals surface area contributed by atoms with Crippen LogP contribution in [0.3, 0.4) is 0 Å². The van der Waals surface area contributed by atoms with Crippen LogP contribution in [-0.2, 0) is 4.79 Å². The molecule has 0 aromatic carbocycles. The predicted molar refractivity (Wildman–Crippen MR) is 39.3 cm³/mol. The van der Waals surface area contributed by atoms with Gasteiger partial charge in [0.2, 0.25) is 0 Å². The molecule has 1 aliphatic carbocycles. The van der Waals surface area contributed by atoms with Crippen molar-refractivity contribution in [3.05, 3.63) is 0 Å². The van der Waals surface area contributed by atoms with E-state index in [1.807, 2.05) is 0 Å². The maximum Gasteiger partial charge on any atom is 0.126 e. The van der Waals surface area contributed by atoms with Gasteiger partial charge in [-0.05, 0) is 32.1 Å². The Hall–Kier alpha value is -0.330. The zero-order valence-electron chi connectivity index (χ0n) is 6.77. The largest absolute Gasteiger partial charge is 0.300 e. The van der Waals surface area contributed by atoms with Gasteiger partial charge in [-0.1, -0.05) is 13.8 Å². The maximum absolute atomic E-state index is 9.44. The minimum Gasteiger partial charge on any atom is -0.300 e. The standard InChI is InChI=1S/C5H10.C3H6O/c1-4-3-5(4)2;1-3(2)4/h4-5H,3H2,1-2H3;1-2H3/t4-,5+;. The number of ketones is 1. The average molecular weight is 128 g/mol. The summed E-state index contributed by atoms with van der Waals surface area (Å²) in [7, 11) is 0.